The van der Waals surface area contributed by atoms with Gasteiger partial charge >= 0.3 is 0 Å². The minimum atomic E-state index is 0.458. The first-order chi connectivity index (χ1) is 9.38. The van der Waals surface area contributed by atoms with Gasteiger partial charge in [-0.05, 0) is 25.2 Å². The van der Waals surface area contributed by atoms with Crippen LogP contribution in [0.1, 0.15) is 19.3 Å². The van der Waals surface area contributed by atoms with Gasteiger partial charge in [0.1, 0.15) is 5.51 Å². The first-order valence-corrected chi connectivity index (χ1v) is 8.13. The highest BCUT2D eigenvalue weighted by Gasteiger charge is 2.37. The zero-order chi connectivity index (χ0) is 12.7. The number of ether oxygens (including phenoxy) is 1. The Morgan fingerprint density at radius 2 is 2.26 bits per heavy atom. The average molecular weight is 280 g/mol. The molecule has 3 aliphatic rings. The van der Waals surface area contributed by atoms with Crippen molar-refractivity contribution in [2.24, 2.45) is 5.92 Å². The van der Waals surface area contributed by atoms with E-state index in [0.29, 0.717) is 12.1 Å². The van der Waals surface area contributed by atoms with E-state index in [9.17, 15) is 0 Å². The maximum Gasteiger partial charge on any atom is 0.208 e. The highest BCUT2D eigenvalue weighted by molar-refractivity contribution is 7.13. The van der Waals surface area contributed by atoms with Crippen molar-refractivity contribution >= 4 is 16.5 Å². The Morgan fingerprint density at radius 1 is 1.32 bits per heavy atom. The summed E-state index contributed by atoms with van der Waals surface area (Å²) in [4.78, 5) is 4.97. The predicted octanol–water partition coefficient (Wildman–Crippen LogP) is 1.23. The minimum absolute atomic E-state index is 0.458. The quantitative estimate of drug-likeness (QED) is 0.830. The first-order valence-electron chi connectivity index (χ1n) is 7.25. The molecule has 2 atom stereocenters. The highest BCUT2D eigenvalue weighted by atomic mass is 32.1. The van der Waals surface area contributed by atoms with Crippen molar-refractivity contribution in [1.29, 1.82) is 0 Å². The maximum atomic E-state index is 6.06. The molecule has 3 fully saturated rings. The van der Waals surface area contributed by atoms with E-state index >= 15 is 0 Å². The van der Waals surface area contributed by atoms with Crippen LogP contribution < -0.4 is 4.90 Å². The summed E-state index contributed by atoms with van der Waals surface area (Å²) in [6.45, 7) is 5.40. The number of nitrogens with zero attached hydrogens (tertiary/aromatic N) is 4. The highest BCUT2D eigenvalue weighted by Crippen LogP contribution is 2.32. The number of fused-ring (bicyclic) bond motifs is 1. The Balaban J connectivity index is 1.33. The van der Waals surface area contributed by atoms with Gasteiger partial charge in [0.2, 0.25) is 5.13 Å². The molecule has 4 rings (SSSR count). The zero-order valence-corrected chi connectivity index (χ0v) is 11.9. The van der Waals surface area contributed by atoms with Gasteiger partial charge in [0, 0.05) is 38.8 Å². The lowest BCUT2D eigenvalue weighted by molar-refractivity contribution is 0.0521. The smallest absolute Gasteiger partial charge is 0.208 e. The van der Waals surface area contributed by atoms with Crippen molar-refractivity contribution in [1.82, 2.24) is 15.1 Å². The Hall–Kier alpha value is -0.720. The van der Waals surface area contributed by atoms with E-state index < -0.39 is 0 Å². The van der Waals surface area contributed by atoms with Crippen LogP contribution in [0.5, 0.6) is 0 Å². The summed E-state index contributed by atoms with van der Waals surface area (Å²) in [7, 11) is 0. The molecule has 2 saturated heterocycles. The molecular formula is C13H20N4OS. The van der Waals surface area contributed by atoms with Gasteiger partial charge in [-0.1, -0.05) is 11.3 Å². The van der Waals surface area contributed by atoms with Gasteiger partial charge in [-0.15, -0.1) is 10.2 Å². The zero-order valence-electron chi connectivity index (χ0n) is 11.1. The van der Waals surface area contributed by atoms with Crippen LogP contribution in [-0.4, -0.2) is 60.0 Å². The summed E-state index contributed by atoms with van der Waals surface area (Å²) in [5.74, 6) is 0.871. The van der Waals surface area contributed by atoms with Gasteiger partial charge in [0.25, 0.3) is 0 Å². The molecule has 19 heavy (non-hydrogen) atoms. The molecule has 0 N–H and O–H groups in total. The largest absolute Gasteiger partial charge is 0.377 e. The predicted molar refractivity (Wildman–Crippen MR) is 74.6 cm³/mol. The van der Waals surface area contributed by atoms with Gasteiger partial charge in [-0.25, -0.2) is 0 Å². The molecule has 3 heterocycles. The molecule has 0 amide bonds. The standard InChI is InChI=1S/C13H20N4OS/c1-2-10(1)8-18-12-5-11-6-17(4-3-16(11)7-12)13-15-14-9-19-13/h9-12H,1-8H2/t11-,12+/m0/s1. The lowest BCUT2D eigenvalue weighted by atomic mass is 10.1. The summed E-state index contributed by atoms with van der Waals surface area (Å²) in [6.07, 6.45) is 4.40. The summed E-state index contributed by atoms with van der Waals surface area (Å²) in [5.41, 5.74) is 1.82. The second kappa shape index (κ2) is 5.00. The molecule has 5 nitrogen and oxygen atoms in total. The van der Waals surface area contributed by atoms with Crippen LogP contribution in [0, 0.1) is 5.92 Å². The van der Waals surface area contributed by atoms with Crippen LogP contribution in [-0.2, 0) is 4.74 Å². The van der Waals surface area contributed by atoms with Crippen LogP contribution in [0.15, 0.2) is 5.51 Å². The monoisotopic (exact) mass is 280 g/mol. The van der Waals surface area contributed by atoms with Gasteiger partial charge in [0.15, 0.2) is 0 Å². The maximum absolute atomic E-state index is 6.06. The molecule has 1 aliphatic carbocycles. The Morgan fingerprint density at radius 3 is 3.05 bits per heavy atom. The van der Waals surface area contributed by atoms with E-state index in [0.717, 1.165) is 43.8 Å². The summed E-state index contributed by atoms with van der Waals surface area (Å²) in [5, 5.41) is 9.20. The van der Waals surface area contributed by atoms with Crippen molar-refractivity contribution in [2.45, 2.75) is 31.4 Å². The third kappa shape index (κ3) is 2.61. The van der Waals surface area contributed by atoms with Crippen LogP contribution in [0.4, 0.5) is 5.13 Å². The van der Waals surface area contributed by atoms with Gasteiger partial charge in [-0.2, -0.15) is 0 Å². The van der Waals surface area contributed by atoms with Crippen molar-refractivity contribution in [3.8, 4) is 0 Å². The SMILES string of the molecule is c1nnc(N2CCN3C[C@H](OCC4CC4)C[C@H]3C2)s1. The van der Waals surface area contributed by atoms with Gasteiger partial charge < -0.3 is 9.64 Å². The van der Waals surface area contributed by atoms with Crippen LogP contribution in [0.3, 0.4) is 0 Å². The second-order valence-electron chi connectivity index (χ2n) is 5.95. The molecule has 0 unspecified atom stereocenters. The molecule has 0 radical (unpaired) electrons. The molecule has 2 aliphatic heterocycles. The van der Waals surface area contributed by atoms with Gasteiger partial charge in [-0.3, -0.25) is 4.90 Å². The minimum Gasteiger partial charge on any atom is -0.377 e. The van der Waals surface area contributed by atoms with Crippen molar-refractivity contribution in [3.05, 3.63) is 5.51 Å². The number of piperazine rings is 1. The van der Waals surface area contributed by atoms with Gasteiger partial charge in [0.05, 0.1) is 6.10 Å². The number of anilines is 1. The van der Waals surface area contributed by atoms with Crippen LogP contribution in [0.25, 0.3) is 0 Å². The van der Waals surface area contributed by atoms with E-state index in [-0.39, 0.29) is 0 Å². The normalized spacial score (nSPS) is 31.7. The summed E-state index contributed by atoms with van der Waals surface area (Å²) in [6, 6.07) is 0.641. The fourth-order valence-electron chi connectivity index (χ4n) is 3.15. The molecule has 0 spiro atoms. The molecule has 0 aromatic carbocycles. The van der Waals surface area contributed by atoms with Crippen molar-refractivity contribution < 1.29 is 4.74 Å². The molecule has 0 bridgehead atoms. The third-order valence-electron chi connectivity index (χ3n) is 4.46. The third-order valence-corrected chi connectivity index (χ3v) is 5.21. The molecule has 6 heteroatoms. The van der Waals surface area contributed by atoms with E-state index in [1.54, 1.807) is 11.3 Å². The molecule has 1 saturated carbocycles. The molecule has 1 aromatic heterocycles. The summed E-state index contributed by atoms with van der Waals surface area (Å²) >= 11 is 1.64. The Bertz CT molecular complexity index is 422. The second-order valence-corrected chi connectivity index (χ2v) is 6.76. The number of rotatable bonds is 4. The Kier molecular flexibility index (Phi) is 3.17. The molecular weight excluding hydrogens is 260 g/mol. The van der Waals surface area contributed by atoms with Crippen molar-refractivity contribution in [3.63, 3.8) is 0 Å². The van der Waals surface area contributed by atoms with E-state index in [4.69, 9.17) is 4.74 Å². The Labute approximate surface area is 117 Å². The lowest BCUT2D eigenvalue weighted by Crippen LogP contribution is -2.50. The van der Waals surface area contributed by atoms with Crippen LogP contribution in [0.2, 0.25) is 0 Å². The summed E-state index contributed by atoms with van der Waals surface area (Å²) < 4.78 is 6.06. The van der Waals surface area contributed by atoms with E-state index in [1.807, 2.05) is 5.51 Å². The molecule has 104 valence electrons. The fraction of sp³-hybridized carbons (Fsp3) is 0.846. The topological polar surface area (TPSA) is 41.5 Å². The lowest BCUT2D eigenvalue weighted by Gasteiger charge is -2.36. The van der Waals surface area contributed by atoms with Crippen LogP contribution >= 0.6 is 11.3 Å². The fourth-order valence-corrected chi connectivity index (χ4v) is 3.75. The average Bonchev–Trinajstić information content (AvgIpc) is 2.94. The number of aromatic nitrogens is 2. The van der Waals surface area contributed by atoms with E-state index in [1.165, 1.54) is 19.3 Å². The first kappa shape index (κ1) is 12.1. The molecule has 1 aromatic rings. The number of hydrogen-bond donors (Lipinski definition) is 0. The number of hydrogen-bond acceptors (Lipinski definition) is 6. The van der Waals surface area contributed by atoms with Crippen molar-refractivity contribution in [2.75, 3.05) is 37.7 Å². The van der Waals surface area contributed by atoms with E-state index in [2.05, 4.69) is 20.0 Å².